The van der Waals surface area contributed by atoms with Crippen molar-refractivity contribution in [1.29, 1.82) is 0 Å². The Kier molecular flexibility index (Phi) is 6.21. The van der Waals surface area contributed by atoms with Crippen LogP contribution in [0.5, 0.6) is 0 Å². The van der Waals surface area contributed by atoms with Crippen LogP contribution in [-0.2, 0) is 19.1 Å². The molecule has 1 spiro atoms. The Bertz CT molecular complexity index is 1120. The van der Waals surface area contributed by atoms with Gasteiger partial charge in [-0.15, -0.1) is 0 Å². The third kappa shape index (κ3) is 3.75. The molecule has 166 valence electrons. The maximum absolute atomic E-state index is 12.7. The number of hydrogen-bond donors (Lipinski definition) is 0. The summed E-state index contributed by atoms with van der Waals surface area (Å²) in [6.07, 6.45) is 0. The number of rotatable bonds is 5. The van der Waals surface area contributed by atoms with E-state index in [1.165, 1.54) is 30.6 Å². The molecule has 2 aromatic rings. The smallest absolute Gasteiger partial charge is 0.365 e. The molecule has 7 nitrogen and oxygen atoms in total. The largest absolute Gasteiger partial charge is 0.465 e. The number of esters is 2. The topological polar surface area (TPSA) is 71.4 Å². The maximum atomic E-state index is 12.7. The predicted molar refractivity (Wildman–Crippen MR) is 129 cm³/mol. The van der Waals surface area contributed by atoms with Gasteiger partial charge in [-0.05, 0) is 62.4 Å². The zero-order chi connectivity index (χ0) is 22.9. The van der Waals surface area contributed by atoms with E-state index in [1.54, 1.807) is 11.9 Å². The highest BCUT2D eigenvalue weighted by Gasteiger charge is 2.58. The standard InChI is InChI=1S/C23H23N3O4S2/c1-5-30-22(28)20-24-26(18-13-9-10-15(2)14-18)23(32-20)25(17-11-7-6-8-12-17)16(3)19(31-23)21(27)29-4/h6-14H,5H2,1-4H3/t23-/m1/s1. The second-order valence-corrected chi connectivity index (χ2v) is 9.71. The average Bonchev–Trinajstić information content (AvgIpc) is 3.32. The number of carbonyl (C=O) groups is 2. The van der Waals surface area contributed by atoms with Crippen molar-refractivity contribution >= 4 is 51.9 Å². The molecule has 2 aliphatic heterocycles. The fourth-order valence-electron chi connectivity index (χ4n) is 3.59. The molecule has 0 aliphatic carbocycles. The van der Waals surface area contributed by atoms with Gasteiger partial charge in [0.2, 0.25) is 9.37 Å². The molecule has 0 amide bonds. The number of allylic oxidation sites excluding steroid dienone is 1. The summed E-state index contributed by atoms with van der Waals surface area (Å²) in [4.78, 5) is 27.8. The number of carbonyl (C=O) groups excluding carboxylic acids is 2. The van der Waals surface area contributed by atoms with Gasteiger partial charge < -0.3 is 14.4 Å². The third-order valence-electron chi connectivity index (χ3n) is 4.95. The van der Waals surface area contributed by atoms with Crippen molar-refractivity contribution in [2.45, 2.75) is 25.1 Å². The summed E-state index contributed by atoms with van der Waals surface area (Å²) in [6.45, 7) is 5.87. The lowest BCUT2D eigenvalue weighted by molar-refractivity contribution is -0.135. The van der Waals surface area contributed by atoms with Crippen LogP contribution in [0.3, 0.4) is 0 Å². The molecule has 0 aromatic heterocycles. The molecule has 9 heteroatoms. The summed E-state index contributed by atoms with van der Waals surface area (Å²) in [5, 5.41) is 6.69. The maximum Gasteiger partial charge on any atom is 0.365 e. The van der Waals surface area contributed by atoms with Crippen molar-refractivity contribution in [2.24, 2.45) is 5.10 Å². The van der Waals surface area contributed by atoms with Gasteiger partial charge in [0.15, 0.2) is 0 Å². The van der Waals surface area contributed by atoms with Gasteiger partial charge in [0.05, 0.1) is 19.4 Å². The first-order valence-electron chi connectivity index (χ1n) is 10.1. The van der Waals surface area contributed by atoms with Gasteiger partial charge in [-0.25, -0.2) is 14.6 Å². The van der Waals surface area contributed by atoms with Crippen LogP contribution in [0.4, 0.5) is 11.4 Å². The highest BCUT2D eigenvalue weighted by molar-refractivity contribution is 8.29. The zero-order valence-corrected chi connectivity index (χ0v) is 19.8. The predicted octanol–water partition coefficient (Wildman–Crippen LogP) is 4.69. The quantitative estimate of drug-likeness (QED) is 0.584. The number of aryl methyl sites for hydroxylation is 1. The van der Waals surface area contributed by atoms with Gasteiger partial charge in [-0.1, -0.05) is 42.1 Å². The lowest BCUT2D eigenvalue weighted by Gasteiger charge is -2.41. The number of methoxy groups -OCH3 is 1. The van der Waals surface area contributed by atoms with Crippen LogP contribution in [0, 0.1) is 6.92 Å². The minimum absolute atomic E-state index is 0.223. The molecule has 0 fully saturated rings. The number of ether oxygens (including phenoxy) is 2. The Morgan fingerprint density at radius 1 is 1.00 bits per heavy atom. The van der Waals surface area contributed by atoms with E-state index >= 15 is 0 Å². The highest BCUT2D eigenvalue weighted by Crippen LogP contribution is 2.60. The number of benzene rings is 2. The summed E-state index contributed by atoms with van der Waals surface area (Å²) in [5.41, 5.74) is 3.43. The van der Waals surface area contributed by atoms with Crippen molar-refractivity contribution in [2.75, 3.05) is 23.6 Å². The molecule has 0 bridgehead atoms. The first kappa shape index (κ1) is 22.3. The lowest BCUT2D eigenvalue weighted by atomic mass is 10.2. The van der Waals surface area contributed by atoms with Gasteiger partial charge in [0.25, 0.3) is 0 Å². The minimum Gasteiger partial charge on any atom is -0.465 e. The Balaban J connectivity index is 1.90. The van der Waals surface area contributed by atoms with Gasteiger partial charge in [0.1, 0.15) is 4.91 Å². The van der Waals surface area contributed by atoms with E-state index in [1.807, 2.05) is 73.3 Å². The lowest BCUT2D eigenvalue weighted by Crippen LogP contribution is -2.49. The summed E-state index contributed by atoms with van der Waals surface area (Å²) in [5.74, 6) is -0.926. The molecule has 4 rings (SSSR count). The van der Waals surface area contributed by atoms with Gasteiger partial charge in [-0.2, -0.15) is 5.10 Å². The van der Waals surface area contributed by atoms with E-state index in [-0.39, 0.29) is 11.7 Å². The molecule has 0 saturated heterocycles. The van der Waals surface area contributed by atoms with Crippen molar-refractivity contribution in [1.82, 2.24) is 0 Å². The highest BCUT2D eigenvalue weighted by atomic mass is 32.2. The van der Waals surface area contributed by atoms with Crippen LogP contribution in [0.25, 0.3) is 0 Å². The van der Waals surface area contributed by atoms with E-state index in [2.05, 4.69) is 5.10 Å². The summed E-state index contributed by atoms with van der Waals surface area (Å²) in [7, 11) is 1.36. The number of thioether (sulfide) groups is 2. The van der Waals surface area contributed by atoms with Crippen LogP contribution in [-0.4, -0.2) is 35.0 Å². The first-order valence-corrected chi connectivity index (χ1v) is 11.7. The molecule has 0 N–H and O–H groups in total. The van der Waals surface area contributed by atoms with Crippen LogP contribution < -0.4 is 9.91 Å². The number of nitrogens with zero attached hydrogens (tertiary/aromatic N) is 3. The molecule has 2 heterocycles. The van der Waals surface area contributed by atoms with Gasteiger partial charge >= 0.3 is 11.9 Å². The fraction of sp³-hybridized carbons (Fsp3) is 0.261. The molecule has 0 saturated carbocycles. The number of anilines is 2. The second-order valence-electron chi connectivity index (χ2n) is 7.11. The van der Waals surface area contributed by atoms with Gasteiger partial charge in [-0.3, -0.25) is 0 Å². The SMILES string of the molecule is CCOC(=O)C1=NN(c2cccc(C)c2)[C@@]2(S1)SC(C(=O)OC)=C(C)N2c1ccccc1. The average molecular weight is 470 g/mol. The van der Waals surface area contributed by atoms with E-state index in [0.717, 1.165) is 22.6 Å². The molecule has 1 atom stereocenters. The Morgan fingerprint density at radius 2 is 1.72 bits per heavy atom. The van der Waals surface area contributed by atoms with E-state index < -0.39 is 16.3 Å². The molecule has 2 aliphatic rings. The van der Waals surface area contributed by atoms with Crippen molar-refractivity contribution in [3.8, 4) is 0 Å². The molecule has 0 radical (unpaired) electrons. The van der Waals surface area contributed by atoms with Crippen molar-refractivity contribution in [3.63, 3.8) is 0 Å². The Hall–Kier alpha value is -2.91. The molecule has 0 unspecified atom stereocenters. The summed E-state index contributed by atoms with van der Waals surface area (Å²) in [6, 6.07) is 17.6. The summed E-state index contributed by atoms with van der Waals surface area (Å²) < 4.78 is 9.33. The van der Waals surface area contributed by atoms with Gasteiger partial charge in [0, 0.05) is 11.4 Å². The normalized spacial score (nSPS) is 20.1. The van der Waals surface area contributed by atoms with Crippen LogP contribution in [0.2, 0.25) is 0 Å². The minimum atomic E-state index is -0.981. The van der Waals surface area contributed by atoms with Crippen LogP contribution >= 0.6 is 23.5 Å². The van der Waals surface area contributed by atoms with E-state index in [9.17, 15) is 9.59 Å². The molecular formula is C23H23N3O4S2. The first-order chi connectivity index (χ1) is 15.4. The van der Waals surface area contributed by atoms with Crippen LogP contribution in [0.1, 0.15) is 19.4 Å². The number of para-hydroxylation sites is 1. The fourth-order valence-corrected chi connectivity index (χ4v) is 6.56. The number of hydrazone groups is 1. The molecular weight excluding hydrogens is 446 g/mol. The van der Waals surface area contributed by atoms with Crippen LogP contribution in [0.15, 0.2) is 70.3 Å². The molecule has 32 heavy (non-hydrogen) atoms. The van der Waals surface area contributed by atoms with E-state index in [0.29, 0.717) is 4.91 Å². The van der Waals surface area contributed by atoms with E-state index in [4.69, 9.17) is 9.47 Å². The second kappa shape index (κ2) is 8.91. The Labute approximate surface area is 195 Å². The Morgan fingerprint density at radius 3 is 2.38 bits per heavy atom. The third-order valence-corrected chi connectivity index (χ3v) is 7.80. The number of hydrogen-bond acceptors (Lipinski definition) is 9. The van der Waals surface area contributed by atoms with Crippen molar-refractivity contribution < 1.29 is 19.1 Å². The summed E-state index contributed by atoms with van der Waals surface area (Å²) >= 11 is 2.57. The van der Waals surface area contributed by atoms with Crippen molar-refractivity contribution in [3.05, 3.63) is 70.8 Å². The molecule has 2 aromatic carbocycles. The zero-order valence-electron chi connectivity index (χ0n) is 18.2. The monoisotopic (exact) mass is 469 g/mol.